The van der Waals surface area contributed by atoms with Gasteiger partial charge in [-0.2, -0.15) is 0 Å². The molecule has 118 valence electrons. The molecule has 2 fully saturated rings. The maximum atomic E-state index is 12.4. The number of thiophene rings is 1. The van der Waals surface area contributed by atoms with Crippen molar-refractivity contribution in [2.75, 3.05) is 26.3 Å². The third kappa shape index (κ3) is 3.05. The zero-order valence-corrected chi connectivity index (χ0v) is 13.2. The van der Waals surface area contributed by atoms with E-state index in [-0.39, 0.29) is 6.54 Å². The zero-order valence-electron chi connectivity index (χ0n) is 12.4. The molecule has 0 atom stereocenters. The lowest BCUT2D eigenvalue weighted by Gasteiger charge is -2.26. The Labute approximate surface area is 133 Å². The number of imide groups is 2. The summed E-state index contributed by atoms with van der Waals surface area (Å²) in [5, 5.41) is 1.96. The number of nitrogens with zero attached hydrogens (tertiary/aromatic N) is 2. The molecule has 22 heavy (non-hydrogen) atoms. The average molecular weight is 322 g/mol. The smallest absolute Gasteiger partial charge is 0.317 e. The van der Waals surface area contributed by atoms with Gasteiger partial charge in [0.1, 0.15) is 0 Å². The molecular weight excluding hydrogens is 302 g/mol. The molecule has 0 unspecified atom stereocenters. The first-order valence-corrected chi connectivity index (χ1v) is 8.58. The van der Waals surface area contributed by atoms with Crippen molar-refractivity contribution in [3.8, 4) is 0 Å². The van der Waals surface area contributed by atoms with Gasteiger partial charge in [0.15, 0.2) is 6.67 Å². The van der Waals surface area contributed by atoms with Crippen molar-refractivity contribution in [1.82, 2.24) is 9.80 Å². The number of carbonyl (C=O) groups is 3. The second kappa shape index (κ2) is 6.58. The molecular formula is C15H20N3O3S+. The van der Waals surface area contributed by atoms with Crippen LogP contribution in [-0.4, -0.2) is 53.9 Å². The molecule has 3 heterocycles. The topological polar surface area (TPSA) is 62.1 Å². The lowest BCUT2D eigenvalue weighted by molar-refractivity contribution is -0.912. The minimum atomic E-state index is -0.682. The number of nitrogens with one attached hydrogen (secondary N) is 1. The molecule has 0 radical (unpaired) electrons. The predicted molar refractivity (Wildman–Crippen MR) is 81.4 cm³/mol. The van der Waals surface area contributed by atoms with Crippen molar-refractivity contribution < 1.29 is 19.3 Å². The van der Waals surface area contributed by atoms with Crippen LogP contribution in [-0.2, 0) is 16.0 Å². The molecule has 1 N–H and O–H groups in total. The van der Waals surface area contributed by atoms with Gasteiger partial charge >= 0.3 is 17.8 Å². The van der Waals surface area contributed by atoms with E-state index in [4.69, 9.17) is 0 Å². The number of carbonyl (C=O) groups excluding carboxylic acids is 3. The highest BCUT2D eigenvalue weighted by Gasteiger charge is 2.45. The van der Waals surface area contributed by atoms with E-state index < -0.39 is 17.8 Å². The number of amides is 4. The van der Waals surface area contributed by atoms with Crippen LogP contribution in [0.3, 0.4) is 0 Å². The summed E-state index contributed by atoms with van der Waals surface area (Å²) >= 11 is 1.59. The Kier molecular flexibility index (Phi) is 4.54. The fourth-order valence-electron chi connectivity index (χ4n) is 3.00. The van der Waals surface area contributed by atoms with Crippen molar-refractivity contribution in [1.29, 1.82) is 0 Å². The SMILES string of the molecule is O=C1C(=O)N(C[NH+]2CCCCC2)C(=O)N1CCc1cccs1. The molecule has 1 aromatic rings. The number of hydrogen-bond acceptors (Lipinski definition) is 4. The molecule has 6 nitrogen and oxygen atoms in total. The lowest BCUT2D eigenvalue weighted by atomic mass is 10.1. The van der Waals surface area contributed by atoms with Gasteiger partial charge in [0.2, 0.25) is 0 Å². The average Bonchev–Trinajstić information content (AvgIpc) is 3.11. The molecule has 0 aliphatic carbocycles. The van der Waals surface area contributed by atoms with Gasteiger partial charge < -0.3 is 4.90 Å². The minimum Gasteiger partial charge on any atom is -0.317 e. The van der Waals surface area contributed by atoms with E-state index in [2.05, 4.69) is 0 Å². The Balaban J connectivity index is 1.62. The first-order valence-electron chi connectivity index (χ1n) is 7.70. The van der Waals surface area contributed by atoms with Crippen LogP contribution in [0.4, 0.5) is 4.79 Å². The van der Waals surface area contributed by atoms with Gasteiger partial charge in [0.25, 0.3) is 0 Å². The summed E-state index contributed by atoms with van der Waals surface area (Å²) in [7, 11) is 0. The van der Waals surface area contributed by atoms with E-state index in [0.717, 1.165) is 40.6 Å². The van der Waals surface area contributed by atoms with Crippen LogP contribution in [0, 0.1) is 0 Å². The molecule has 3 rings (SSSR count). The van der Waals surface area contributed by atoms with Crippen LogP contribution in [0.15, 0.2) is 17.5 Å². The van der Waals surface area contributed by atoms with Crippen molar-refractivity contribution in [3.63, 3.8) is 0 Å². The number of urea groups is 1. The van der Waals surface area contributed by atoms with Gasteiger partial charge in [-0.15, -0.1) is 11.3 Å². The maximum Gasteiger partial charge on any atom is 0.338 e. The van der Waals surface area contributed by atoms with E-state index in [0.29, 0.717) is 13.1 Å². The largest absolute Gasteiger partial charge is 0.338 e. The molecule has 0 aromatic carbocycles. The van der Waals surface area contributed by atoms with Crippen molar-refractivity contribution in [2.45, 2.75) is 25.7 Å². The number of piperidine rings is 1. The van der Waals surface area contributed by atoms with Crippen molar-refractivity contribution >= 4 is 29.2 Å². The zero-order chi connectivity index (χ0) is 15.5. The van der Waals surface area contributed by atoms with Gasteiger partial charge in [-0.3, -0.25) is 14.5 Å². The normalized spacial score (nSPS) is 20.3. The first kappa shape index (κ1) is 15.2. The third-order valence-corrected chi connectivity index (χ3v) is 5.18. The molecule has 2 aliphatic rings. The van der Waals surface area contributed by atoms with Crippen molar-refractivity contribution in [3.05, 3.63) is 22.4 Å². The summed E-state index contributed by atoms with van der Waals surface area (Å²) in [6, 6.07) is 3.45. The van der Waals surface area contributed by atoms with Gasteiger partial charge in [0.05, 0.1) is 13.1 Å². The van der Waals surface area contributed by atoms with E-state index >= 15 is 0 Å². The fraction of sp³-hybridized carbons (Fsp3) is 0.533. The molecule has 0 saturated carbocycles. The number of likely N-dealkylation sites (tertiary alicyclic amines) is 1. The highest BCUT2D eigenvalue weighted by atomic mass is 32.1. The molecule has 7 heteroatoms. The minimum absolute atomic E-state index is 0.274. The van der Waals surface area contributed by atoms with Gasteiger partial charge in [-0.25, -0.2) is 9.69 Å². The third-order valence-electron chi connectivity index (χ3n) is 4.24. The van der Waals surface area contributed by atoms with E-state index in [9.17, 15) is 14.4 Å². The highest BCUT2D eigenvalue weighted by Crippen LogP contribution is 2.14. The summed E-state index contributed by atoms with van der Waals surface area (Å²) in [6.45, 7) is 2.51. The van der Waals surface area contributed by atoms with E-state index in [1.807, 2.05) is 17.5 Å². The van der Waals surface area contributed by atoms with E-state index in [1.165, 1.54) is 11.3 Å². The second-order valence-corrected chi connectivity index (χ2v) is 6.80. The van der Waals surface area contributed by atoms with Crippen LogP contribution in [0.2, 0.25) is 0 Å². The molecule has 0 spiro atoms. The van der Waals surface area contributed by atoms with E-state index in [1.54, 1.807) is 11.3 Å². The van der Waals surface area contributed by atoms with Crippen LogP contribution >= 0.6 is 11.3 Å². The number of quaternary nitrogens is 1. The van der Waals surface area contributed by atoms with Crippen LogP contribution in [0.1, 0.15) is 24.1 Å². The van der Waals surface area contributed by atoms with Crippen molar-refractivity contribution in [2.24, 2.45) is 0 Å². The van der Waals surface area contributed by atoms with Crippen LogP contribution in [0.25, 0.3) is 0 Å². The standard InChI is InChI=1S/C15H19N3O3S/c19-13-14(20)18(11-16-7-2-1-3-8-16)15(21)17(13)9-6-12-5-4-10-22-12/h4-5,10H,1-3,6-9,11H2/p+1. The Morgan fingerprint density at radius 3 is 2.45 bits per heavy atom. The maximum absolute atomic E-state index is 12.4. The summed E-state index contributed by atoms with van der Waals surface area (Å²) in [6.07, 6.45) is 4.04. The number of hydrogen-bond donors (Lipinski definition) is 1. The molecule has 4 amide bonds. The summed E-state index contributed by atoms with van der Waals surface area (Å²) in [5.74, 6) is -1.35. The Bertz CT molecular complexity index is 567. The molecule has 0 bridgehead atoms. The number of rotatable bonds is 5. The van der Waals surface area contributed by atoms with Gasteiger partial charge in [0, 0.05) is 17.8 Å². The van der Waals surface area contributed by atoms with Gasteiger partial charge in [-0.1, -0.05) is 6.07 Å². The molecule has 2 aliphatic heterocycles. The highest BCUT2D eigenvalue weighted by molar-refractivity contribution is 7.09. The lowest BCUT2D eigenvalue weighted by Crippen LogP contribution is -3.14. The first-order chi connectivity index (χ1) is 10.7. The fourth-order valence-corrected chi connectivity index (χ4v) is 3.70. The molecule has 1 aromatic heterocycles. The summed E-state index contributed by atoms with van der Waals surface area (Å²) < 4.78 is 0. The monoisotopic (exact) mass is 322 g/mol. The summed E-state index contributed by atoms with van der Waals surface area (Å²) in [4.78, 5) is 41.0. The Morgan fingerprint density at radius 2 is 1.77 bits per heavy atom. The van der Waals surface area contributed by atoms with Gasteiger partial charge in [-0.05, 0) is 30.7 Å². The quantitative estimate of drug-likeness (QED) is 0.618. The summed E-state index contributed by atoms with van der Waals surface area (Å²) in [5.41, 5.74) is 0. The second-order valence-electron chi connectivity index (χ2n) is 5.77. The van der Waals surface area contributed by atoms with Crippen LogP contribution in [0.5, 0.6) is 0 Å². The Morgan fingerprint density at radius 1 is 1.05 bits per heavy atom. The Hall–Kier alpha value is -1.73. The van der Waals surface area contributed by atoms with Crippen LogP contribution < -0.4 is 4.90 Å². The molecule has 2 saturated heterocycles. The predicted octanol–water partition coefficient (Wildman–Crippen LogP) is 0.108.